The lowest BCUT2D eigenvalue weighted by atomic mass is 10.5. The first kappa shape index (κ1) is 9.03. The number of methoxy groups -OCH3 is 1. The predicted octanol–water partition coefficient (Wildman–Crippen LogP) is -0.216. The van der Waals surface area contributed by atoms with E-state index >= 15 is 0 Å². The van der Waals surface area contributed by atoms with Crippen molar-refractivity contribution in [2.45, 2.75) is 12.1 Å². The van der Waals surface area contributed by atoms with E-state index in [2.05, 4.69) is 4.74 Å². The molecule has 0 aromatic rings. The molecule has 1 heterocycles. The van der Waals surface area contributed by atoms with Gasteiger partial charge in [-0.1, -0.05) is 4.57 Å². The van der Waals surface area contributed by atoms with Gasteiger partial charge in [0.15, 0.2) is 0 Å². The summed E-state index contributed by atoms with van der Waals surface area (Å²) in [6, 6.07) is 0. The SMILES string of the molecule is COC1([P+](=O)[O-])OCCCO1. The van der Waals surface area contributed by atoms with Crippen molar-refractivity contribution in [2.75, 3.05) is 20.3 Å². The molecule has 11 heavy (non-hydrogen) atoms. The van der Waals surface area contributed by atoms with Crippen LogP contribution in [0, 0.1) is 0 Å². The Morgan fingerprint density at radius 3 is 2.36 bits per heavy atom. The van der Waals surface area contributed by atoms with E-state index in [0.29, 0.717) is 19.6 Å². The first-order valence-electron chi connectivity index (χ1n) is 3.19. The second kappa shape index (κ2) is 3.56. The highest BCUT2D eigenvalue weighted by Crippen LogP contribution is 2.37. The highest BCUT2D eigenvalue weighted by molar-refractivity contribution is 7.37. The van der Waals surface area contributed by atoms with Crippen molar-refractivity contribution in [3.8, 4) is 0 Å². The Morgan fingerprint density at radius 2 is 2.09 bits per heavy atom. The molecule has 0 bridgehead atoms. The van der Waals surface area contributed by atoms with Crippen LogP contribution in [0.4, 0.5) is 0 Å². The Kier molecular flexibility index (Phi) is 2.92. The summed E-state index contributed by atoms with van der Waals surface area (Å²) in [5.41, 5.74) is -1.83. The topological polar surface area (TPSA) is 67.8 Å². The molecule has 6 heteroatoms. The normalized spacial score (nSPS) is 24.7. The van der Waals surface area contributed by atoms with E-state index < -0.39 is 13.7 Å². The van der Waals surface area contributed by atoms with Gasteiger partial charge in [0.05, 0.1) is 13.2 Å². The van der Waals surface area contributed by atoms with Gasteiger partial charge in [-0.15, -0.1) is 0 Å². The van der Waals surface area contributed by atoms with Crippen molar-refractivity contribution < 1.29 is 23.7 Å². The van der Waals surface area contributed by atoms with Gasteiger partial charge in [0.1, 0.15) is 0 Å². The third-order valence-electron chi connectivity index (χ3n) is 1.34. The third kappa shape index (κ3) is 1.75. The van der Waals surface area contributed by atoms with Crippen molar-refractivity contribution in [1.82, 2.24) is 0 Å². The van der Waals surface area contributed by atoms with Crippen molar-refractivity contribution >= 4 is 8.03 Å². The van der Waals surface area contributed by atoms with Gasteiger partial charge >= 0.3 is 13.7 Å². The lowest BCUT2D eigenvalue weighted by Crippen LogP contribution is -2.41. The fourth-order valence-corrected chi connectivity index (χ4v) is 1.34. The number of rotatable bonds is 2. The van der Waals surface area contributed by atoms with E-state index in [1.807, 2.05) is 0 Å². The Hall–Kier alpha value is -0.0600. The van der Waals surface area contributed by atoms with Crippen LogP contribution in [0.25, 0.3) is 0 Å². The van der Waals surface area contributed by atoms with Crippen LogP contribution in [-0.2, 0) is 18.8 Å². The molecule has 64 valence electrons. The molecule has 0 aromatic heterocycles. The van der Waals surface area contributed by atoms with E-state index in [9.17, 15) is 9.46 Å². The van der Waals surface area contributed by atoms with Crippen LogP contribution >= 0.6 is 8.03 Å². The summed E-state index contributed by atoms with van der Waals surface area (Å²) in [5.74, 6) is 0. The molecule has 1 rings (SSSR count). The van der Waals surface area contributed by atoms with Crippen LogP contribution in [0.2, 0.25) is 0 Å². The standard InChI is InChI=1S/C5H9O5P/c1-8-5(11(6)7)9-3-2-4-10-5/h2-4H2,1H3. The van der Waals surface area contributed by atoms with Gasteiger partial charge in [-0.05, 0) is 6.42 Å². The molecule has 1 saturated heterocycles. The second-order valence-corrected chi connectivity index (χ2v) is 3.10. The predicted molar refractivity (Wildman–Crippen MR) is 33.9 cm³/mol. The largest absolute Gasteiger partial charge is 0.589 e. The molecule has 0 radical (unpaired) electrons. The molecule has 0 aliphatic carbocycles. The van der Waals surface area contributed by atoms with Gasteiger partial charge in [0.25, 0.3) is 0 Å². The van der Waals surface area contributed by atoms with Crippen LogP contribution in [0.1, 0.15) is 6.42 Å². The van der Waals surface area contributed by atoms with Crippen LogP contribution in [0.15, 0.2) is 0 Å². The summed E-state index contributed by atoms with van der Waals surface area (Å²) < 4.78 is 24.8. The molecule has 1 unspecified atom stereocenters. The zero-order chi connectivity index (χ0) is 8.32. The van der Waals surface area contributed by atoms with Crippen LogP contribution in [-0.4, -0.2) is 26.0 Å². The molecule has 0 saturated carbocycles. The Bertz CT molecular complexity index is 153. The molecular formula is C5H9O5P. The van der Waals surface area contributed by atoms with Gasteiger partial charge in [0, 0.05) is 7.11 Å². The molecular weight excluding hydrogens is 171 g/mol. The van der Waals surface area contributed by atoms with Crippen molar-refractivity contribution in [1.29, 1.82) is 0 Å². The monoisotopic (exact) mass is 180 g/mol. The third-order valence-corrected chi connectivity index (χ3v) is 2.23. The zero-order valence-corrected chi connectivity index (χ0v) is 7.00. The summed E-state index contributed by atoms with van der Waals surface area (Å²) in [7, 11) is -1.64. The maximum Gasteiger partial charge on any atom is 0.495 e. The minimum absolute atomic E-state index is 0.344. The summed E-state index contributed by atoms with van der Waals surface area (Å²) in [6.07, 6.45) is 0.689. The Morgan fingerprint density at radius 1 is 1.55 bits per heavy atom. The molecule has 1 fully saturated rings. The molecule has 1 aliphatic rings. The summed E-state index contributed by atoms with van der Waals surface area (Å²) in [4.78, 5) is 10.6. The van der Waals surface area contributed by atoms with Gasteiger partial charge in [-0.2, -0.15) is 0 Å². The summed E-state index contributed by atoms with van der Waals surface area (Å²) in [5, 5.41) is 0. The zero-order valence-electron chi connectivity index (χ0n) is 6.11. The smallest absolute Gasteiger partial charge is 0.495 e. The number of hydrogen-bond acceptors (Lipinski definition) is 5. The van der Waals surface area contributed by atoms with Crippen LogP contribution in [0.5, 0.6) is 0 Å². The first-order chi connectivity index (χ1) is 5.21. The van der Waals surface area contributed by atoms with E-state index in [1.165, 1.54) is 7.11 Å². The fraction of sp³-hybridized carbons (Fsp3) is 1.00. The van der Waals surface area contributed by atoms with Crippen LogP contribution in [0.3, 0.4) is 0 Å². The van der Waals surface area contributed by atoms with E-state index in [1.54, 1.807) is 0 Å². The second-order valence-electron chi connectivity index (χ2n) is 2.04. The number of ether oxygens (including phenoxy) is 3. The minimum atomic E-state index is -2.87. The fourth-order valence-electron chi connectivity index (χ4n) is 0.801. The molecule has 0 amide bonds. The first-order valence-corrected chi connectivity index (χ1v) is 4.36. The molecule has 0 spiro atoms. The van der Waals surface area contributed by atoms with Crippen molar-refractivity contribution in [3.63, 3.8) is 0 Å². The van der Waals surface area contributed by atoms with E-state index in [4.69, 9.17) is 9.47 Å². The highest BCUT2D eigenvalue weighted by Gasteiger charge is 2.49. The summed E-state index contributed by atoms with van der Waals surface area (Å²) >= 11 is 0. The molecule has 0 aromatic carbocycles. The molecule has 1 atom stereocenters. The van der Waals surface area contributed by atoms with Crippen molar-refractivity contribution in [2.24, 2.45) is 0 Å². The van der Waals surface area contributed by atoms with E-state index in [0.717, 1.165) is 0 Å². The maximum atomic E-state index is 10.6. The van der Waals surface area contributed by atoms with Crippen LogP contribution < -0.4 is 4.89 Å². The summed E-state index contributed by atoms with van der Waals surface area (Å²) in [6.45, 7) is 0.689. The van der Waals surface area contributed by atoms with Gasteiger partial charge in [0.2, 0.25) is 0 Å². The Labute approximate surface area is 65.1 Å². The van der Waals surface area contributed by atoms with Gasteiger partial charge in [-0.25, -0.2) is 0 Å². The average molecular weight is 180 g/mol. The van der Waals surface area contributed by atoms with Crippen molar-refractivity contribution in [3.05, 3.63) is 0 Å². The van der Waals surface area contributed by atoms with Gasteiger partial charge in [-0.3, -0.25) is 14.2 Å². The van der Waals surface area contributed by atoms with E-state index in [-0.39, 0.29) is 0 Å². The number of hydrogen-bond donors (Lipinski definition) is 0. The maximum absolute atomic E-state index is 10.6. The lowest BCUT2D eigenvalue weighted by Gasteiger charge is -2.26. The average Bonchev–Trinajstić information content (AvgIpc) is 2.05. The highest BCUT2D eigenvalue weighted by atomic mass is 31.1. The lowest BCUT2D eigenvalue weighted by molar-refractivity contribution is -0.356. The van der Waals surface area contributed by atoms with Gasteiger partial charge < -0.3 is 4.89 Å². The quantitative estimate of drug-likeness (QED) is 0.549. The minimum Gasteiger partial charge on any atom is -0.589 e. The molecule has 1 aliphatic heterocycles. The Balaban J connectivity index is 2.64. The molecule has 5 nitrogen and oxygen atoms in total. The molecule has 0 N–H and O–H groups in total.